The number of nitrogens with zero attached hydrogens (tertiary/aromatic N) is 2. The molecule has 30 heavy (non-hydrogen) atoms. The third-order valence-electron chi connectivity index (χ3n) is 5.76. The van der Waals surface area contributed by atoms with Crippen LogP contribution in [0.3, 0.4) is 0 Å². The van der Waals surface area contributed by atoms with Crippen LogP contribution in [0.25, 0.3) is 0 Å². The molecule has 1 aromatic heterocycles. The molecule has 1 unspecified atom stereocenters. The van der Waals surface area contributed by atoms with Gasteiger partial charge in [-0.05, 0) is 24.1 Å². The molecule has 1 fully saturated rings. The second-order valence-corrected chi connectivity index (χ2v) is 7.53. The summed E-state index contributed by atoms with van der Waals surface area (Å²) >= 11 is 0. The van der Waals surface area contributed by atoms with Crippen LogP contribution < -0.4 is 16.0 Å². The first-order chi connectivity index (χ1) is 14.5. The van der Waals surface area contributed by atoms with Crippen molar-refractivity contribution in [1.29, 1.82) is 0 Å². The number of hydrogen-bond donors (Lipinski definition) is 3. The number of fused-ring (bicyclic) bond motifs is 2. The van der Waals surface area contributed by atoms with Crippen LogP contribution in [0.4, 0.5) is 5.69 Å². The zero-order valence-electron chi connectivity index (χ0n) is 16.0. The predicted octanol–water partition coefficient (Wildman–Crippen LogP) is 0.698. The van der Waals surface area contributed by atoms with Crippen molar-refractivity contribution in [2.24, 2.45) is 0 Å². The predicted molar refractivity (Wildman–Crippen MR) is 105 cm³/mol. The highest BCUT2D eigenvalue weighted by Crippen LogP contribution is 2.31. The molecule has 0 bridgehead atoms. The molecule has 3 aliphatic heterocycles. The van der Waals surface area contributed by atoms with Crippen molar-refractivity contribution in [2.75, 3.05) is 5.32 Å². The van der Waals surface area contributed by atoms with Crippen molar-refractivity contribution in [3.63, 3.8) is 0 Å². The van der Waals surface area contributed by atoms with Gasteiger partial charge in [-0.25, -0.2) is 0 Å². The van der Waals surface area contributed by atoms with E-state index in [0.717, 1.165) is 34.9 Å². The second-order valence-electron chi connectivity index (χ2n) is 7.53. The van der Waals surface area contributed by atoms with Crippen LogP contribution in [0, 0.1) is 0 Å². The molecule has 152 valence electrons. The first kappa shape index (κ1) is 18.4. The van der Waals surface area contributed by atoms with E-state index in [-0.39, 0.29) is 18.4 Å². The van der Waals surface area contributed by atoms with Gasteiger partial charge < -0.3 is 10.6 Å². The molecule has 0 spiro atoms. The van der Waals surface area contributed by atoms with Gasteiger partial charge >= 0.3 is 0 Å². The van der Waals surface area contributed by atoms with Crippen LogP contribution in [0.5, 0.6) is 0 Å². The van der Waals surface area contributed by atoms with Crippen LogP contribution in [0.1, 0.15) is 50.4 Å². The average molecular weight is 405 g/mol. The van der Waals surface area contributed by atoms with Gasteiger partial charge in [0, 0.05) is 43.5 Å². The highest BCUT2D eigenvalue weighted by atomic mass is 16.2. The van der Waals surface area contributed by atoms with E-state index in [1.54, 1.807) is 24.4 Å². The fourth-order valence-electron chi connectivity index (χ4n) is 4.28. The lowest BCUT2D eigenvalue weighted by atomic mass is 10.0. The zero-order valence-corrected chi connectivity index (χ0v) is 16.0. The van der Waals surface area contributed by atoms with Gasteiger partial charge in [0.25, 0.3) is 11.8 Å². The van der Waals surface area contributed by atoms with Gasteiger partial charge in [-0.1, -0.05) is 12.1 Å². The minimum Gasteiger partial charge on any atom is -0.381 e. The summed E-state index contributed by atoms with van der Waals surface area (Å²) < 4.78 is 0. The largest absolute Gasteiger partial charge is 0.381 e. The zero-order chi connectivity index (χ0) is 20.8. The van der Waals surface area contributed by atoms with Crippen LogP contribution in [-0.2, 0) is 29.2 Å². The molecule has 2 aromatic rings. The van der Waals surface area contributed by atoms with E-state index >= 15 is 0 Å². The number of rotatable bonds is 4. The van der Waals surface area contributed by atoms with Crippen LogP contribution >= 0.6 is 0 Å². The summed E-state index contributed by atoms with van der Waals surface area (Å²) in [5.74, 6) is -2.00. The maximum absolute atomic E-state index is 13.1. The van der Waals surface area contributed by atoms with Crippen molar-refractivity contribution >= 4 is 29.3 Å². The Morgan fingerprint density at radius 2 is 1.97 bits per heavy atom. The summed E-state index contributed by atoms with van der Waals surface area (Å²) in [4.78, 5) is 55.1. The molecular formula is C21H19N5O4. The molecule has 0 aliphatic carbocycles. The van der Waals surface area contributed by atoms with Crippen molar-refractivity contribution in [3.05, 3.63) is 58.4 Å². The number of aromatic nitrogens is 1. The third kappa shape index (κ3) is 2.86. The lowest BCUT2D eigenvalue weighted by molar-refractivity contribution is -0.136. The van der Waals surface area contributed by atoms with E-state index in [9.17, 15) is 19.2 Å². The Kier molecular flexibility index (Phi) is 4.32. The fourth-order valence-corrected chi connectivity index (χ4v) is 4.28. The monoisotopic (exact) mass is 405 g/mol. The Morgan fingerprint density at radius 1 is 1.10 bits per heavy atom. The lowest BCUT2D eigenvalue weighted by Gasteiger charge is -2.27. The average Bonchev–Trinajstić information content (AvgIpc) is 3.31. The number of amides is 4. The van der Waals surface area contributed by atoms with Crippen molar-refractivity contribution in [3.8, 4) is 0 Å². The fraction of sp³-hybridized carbons (Fsp3) is 0.286. The Balaban J connectivity index is 1.42. The molecule has 3 N–H and O–H groups in total. The topological polar surface area (TPSA) is 120 Å². The normalized spacial score (nSPS) is 20.3. The van der Waals surface area contributed by atoms with E-state index in [1.807, 2.05) is 6.07 Å². The van der Waals surface area contributed by atoms with Gasteiger partial charge in [0.2, 0.25) is 11.8 Å². The van der Waals surface area contributed by atoms with E-state index in [4.69, 9.17) is 0 Å². The summed E-state index contributed by atoms with van der Waals surface area (Å²) in [5.41, 5.74) is 4.29. The summed E-state index contributed by atoms with van der Waals surface area (Å²) in [5, 5.41) is 8.82. The number of hydrogen-bond acceptors (Lipinski definition) is 7. The third-order valence-corrected chi connectivity index (χ3v) is 5.76. The minimum absolute atomic E-state index is 0.0966. The second kappa shape index (κ2) is 7.03. The quantitative estimate of drug-likeness (QED) is 0.640. The molecule has 1 saturated heterocycles. The molecule has 4 heterocycles. The van der Waals surface area contributed by atoms with Crippen LogP contribution in [0.15, 0.2) is 30.5 Å². The molecule has 1 aromatic carbocycles. The minimum atomic E-state index is -0.967. The summed E-state index contributed by atoms with van der Waals surface area (Å²) in [6.45, 7) is 1.79. The molecule has 0 radical (unpaired) electrons. The Hall–Kier alpha value is -3.59. The smallest absolute Gasteiger partial charge is 0.262 e. The van der Waals surface area contributed by atoms with Gasteiger partial charge in [0.15, 0.2) is 0 Å². The molecule has 4 amide bonds. The molecule has 1 atom stereocenters. The number of nitrogens with one attached hydrogen (secondary N) is 3. The van der Waals surface area contributed by atoms with E-state index in [1.165, 1.54) is 0 Å². The molecule has 0 saturated carbocycles. The van der Waals surface area contributed by atoms with Gasteiger partial charge in [0.05, 0.1) is 16.8 Å². The molecule has 3 aliphatic rings. The Bertz CT molecular complexity index is 1110. The van der Waals surface area contributed by atoms with Gasteiger partial charge in [-0.15, -0.1) is 0 Å². The van der Waals surface area contributed by atoms with E-state index < -0.39 is 29.7 Å². The highest BCUT2D eigenvalue weighted by Gasteiger charge is 2.45. The molecule has 5 rings (SSSR count). The highest BCUT2D eigenvalue weighted by molar-refractivity contribution is 6.24. The SMILES string of the molecule is O=C1CCC(N2C(=O)c3cccc(CNc4ccnc5c4CNC5)c3C2=O)C(=O)N1. The summed E-state index contributed by atoms with van der Waals surface area (Å²) in [7, 11) is 0. The van der Waals surface area contributed by atoms with Crippen LogP contribution in [0.2, 0.25) is 0 Å². The number of piperidine rings is 1. The number of anilines is 1. The van der Waals surface area contributed by atoms with E-state index in [2.05, 4.69) is 20.9 Å². The van der Waals surface area contributed by atoms with Crippen molar-refractivity contribution in [2.45, 2.75) is 38.5 Å². The summed E-state index contributed by atoms with van der Waals surface area (Å²) in [6, 6.07) is 6.04. The van der Waals surface area contributed by atoms with Gasteiger partial charge in [-0.3, -0.25) is 34.4 Å². The van der Waals surface area contributed by atoms with Crippen LogP contribution in [-0.4, -0.2) is 39.6 Å². The number of imide groups is 2. The van der Waals surface area contributed by atoms with E-state index in [0.29, 0.717) is 17.7 Å². The standard InChI is InChI=1S/C21H19N5O4/c27-17-5-4-16(19(28)25-17)26-20(29)12-3-1-2-11(18(12)21(26)30)8-24-14-6-7-23-15-10-22-9-13(14)15/h1-3,6-7,16,22H,4-5,8-10H2,(H,23,24)(H,25,27,28). The number of carbonyl (C=O) groups is 4. The number of pyridine rings is 1. The molecular weight excluding hydrogens is 386 g/mol. The molecule has 9 heteroatoms. The number of carbonyl (C=O) groups excluding carboxylic acids is 4. The van der Waals surface area contributed by atoms with Gasteiger partial charge in [0.1, 0.15) is 6.04 Å². The number of benzene rings is 1. The Morgan fingerprint density at radius 3 is 2.80 bits per heavy atom. The molecule has 9 nitrogen and oxygen atoms in total. The Labute approximate surface area is 171 Å². The van der Waals surface area contributed by atoms with Crippen molar-refractivity contribution in [1.82, 2.24) is 20.5 Å². The lowest BCUT2D eigenvalue weighted by Crippen LogP contribution is -2.54. The summed E-state index contributed by atoms with van der Waals surface area (Å²) in [6.07, 6.45) is 1.97. The maximum Gasteiger partial charge on any atom is 0.262 e. The van der Waals surface area contributed by atoms with Crippen molar-refractivity contribution < 1.29 is 19.2 Å². The first-order valence-corrected chi connectivity index (χ1v) is 9.79. The van der Waals surface area contributed by atoms with Gasteiger partial charge in [-0.2, -0.15) is 0 Å². The first-order valence-electron chi connectivity index (χ1n) is 9.79. The maximum atomic E-state index is 13.1.